The van der Waals surface area contributed by atoms with E-state index in [1.54, 1.807) is 31.5 Å². The number of hydrogen-bond donors (Lipinski definition) is 3. The van der Waals surface area contributed by atoms with Crippen molar-refractivity contribution < 1.29 is 18.9 Å². The Balaban J connectivity index is 1.09. The number of nitrogens with one attached hydrogen (secondary N) is 3. The van der Waals surface area contributed by atoms with Gasteiger partial charge in [-0.05, 0) is 49.2 Å². The molecule has 250 valence electrons. The van der Waals surface area contributed by atoms with E-state index >= 15 is 0 Å². The van der Waals surface area contributed by atoms with E-state index in [4.69, 9.17) is 16.3 Å². The molecule has 0 aliphatic carbocycles. The lowest BCUT2D eigenvalue weighted by molar-refractivity contribution is -0.120. The molecular weight excluding hydrogens is 653 g/mol. The number of urea groups is 1. The van der Waals surface area contributed by atoms with Crippen molar-refractivity contribution in [2.24, 2.45) is 0 Å². The fraction of sp³-hybridized carbons (Fsp3) is 0.303. The normalized spacial score (nSPS) is 15.7. The van der Waals surface area contributed by atoms with Gasteiger partial charge in [0.2, 0.25) is 11.9 Å². The number of ether oxygens (including phenoxy) is 1. The lowest BCUT2D eigenvalue weighted by Crippen LogP contribution is -2.49. The van der Waals surface area contributed by atoms with Crippen LogP contribution < -0.4 is 35.8 Å². The molecule has 2 saturated heterocycles. The Morgan fingerprint density at radius 3 is 2.48 bits per heavy atom. The molecule has 0 spiro atoms. The van der Waals surface area contributed by atoms with Gasteiger partial charge < -0.3 is 24.8 Å². The Morgan fingerprint density at radius 2 is 1.73 bits per heavy atom. The molecule has 4 aromatic rings. The second-order valence-corrected chi connectivity index (χ2v) is 15.6. The fourth-order valence-corrected chi connectivity index (χ4v) is 7.03. The van der Waals surface area contributed by atoms with E-state index in [1.165, 1.54) is 6.20 Å². The summed E-state index contributed by atoms with van der Waals surface area (Å²) in [4.78, 5) is 43.3. The van der Waals surface area contributed by atoms with Crippen molar-refractivity contribution in [2.75, 3.05) is 73.6 Å². The summed E-state index contributed by atoms with van der Waals surface area (Å²) < 4.78 is 18.6. The van der Waals surface area contributed by atoms with E-state index in [0.717, 1.165) is 37.4 Å². The minimum Gasteiger partial charge on any atom is -0.494 e. The monoisotopic (exact) mass is 689 g/mol. The number of aromatic nitrogens is 3. The maximum Gasteiger partial charge on any atom is 0.328 e. The first-order valence-corrected chi connectivity index (χ1v) is 18.5. The molecule has 0 atom stereocenters. The maximum atomic E-state index is 12.8. The van der Waals surface area contributed by atoms with Crippen molar-refractivity contribution in [1.29, 1.82) is 0 Å². The number of nitrogens with zero attached hydrogens (tertiary/aromatic N) is 6. The van der Waals surface area contributed by atoms with Crippen molar-refractivity contribution in [3.05, 3.63) is 77.7 Å². The molecule has 2 aliphatic rings. The number of anilines is 6. The van der Waals surface area contributed by atoms with E-state index in [1.807, 2.05) is 54.7 Å². The van der Waals surface area contributed by atoms with Gasteiger partial charge in [0.05, 0.1) is 36.6 Å². The number of piperazine rings is 1. The Labute approximate surface area is 284 Å². The zero-order chi connectivity index (χ0) is 33.8. The van der Waals surface area contributed by atoms with E-state index in [9.17, 15) is 14.2 Å². The summed E-state index contributed by atoms with van der Waals surface area (Å²) >= 11 is 6.44. The third-order valence-electron chi connectivity index (χ3n) is 8.20. The highest BCUT2D eigenvalue weighted by atomic mass is 35.5. The summed E-state index contributed by atoms with van der Waals surface area (Å²) in [5.74, 6) is 1.09. The lowest BCUT2D eigenvalue weighted by Gasteiger charge is -2.36. The van der Waals surface area contributed by atoms with Crippen LogP contribution in [0.4, 0.5) is 39.3 Å². The van der Waals surface area contributed by atoms with Gasteiger partial charge in [0.15, 0.2) is 5.82 Å². The number of methoxy groups -OCH3 is 1. The van der Waals surface area contributed by atoms with Crippen LogP contribution in [0.15, 0.2) is 67.1 Å². The Morgan fingerprint density at radius 1 is 0.938 bits per heavy atom. The molecule has 0 bridgehead atoms. The lowest BCUT2D eigenvalue weighted by atomic mass is 10.2. The van der Waals surface area contributed by atoms with Crippen LogP contribution in [0.25, 0.3) is 0 Å². The topological polar surface area (TPSA) is 145 Å². The zero-order valence-corrected chi connectivity index (χ0v) is 28.6. The van der Waals surface area contributed by atoms with Crippen molar-refractivity contribution in [3.63, 3.8) is 0 Å². The van der Waals surface area contributed by atoms with Crippen molar-refractivity contribution in [3.8, 4) is 5.75 Å². The first-order valence-electron chi connectivity index (χ1n) is 15.5. The van der Waals surface area contributed by atoms with E-state index < -0.39 is 13.2 Å². The van der Waals surface area contributed by atoms with Crippen molar-refractivity contribution >= 4 is 70.5 Å². The largest absolute Gasteiger partial charge is 0.494 e. The highest BCUT2D eigenvalue weighted by Gasteiger charge is 2.25. The summed E-state index contributed by atoms with van der Waals surface area (Å²) in [5.41, 5.74) is 4.09. The molecule has 0 saturated carbocycles. The van der Waals surface area contributed by atoms with Gasteiger partial charge in [0.1, 0.15) is 17.9 Å². The van der Waals surface area contributed by atoms with Gasteiger partial charge in [-0.25, -0.2) is 9.78 Å². The van der Waals surface area contributed by atoms with Crippen LogP contribution in [0.3, 0.4) is 0 Å². The third kappa shape index (κ3) is 7.70. The molecule has 3 amide bonds. The molecule has 0 radical (unpaired) electrons. The number of amides is 3. The average molecular weight is 690 g/mol. The minimum atomic E-state index is -2.54. The Bertz CT molecular complexity index is 1880. The van der Waals surface area contributed by atoms with Gasteiger partial charge in [-0.3, -0.25) is 24.9 Å². The van der Waals surface area contributed by atoms with Crippen LogP contribution in [0, 0.1) is 0 Å². The maximum absolute atomic E-state index is 12.8. The van der Waals surface area contributed by atoms with Crippen LogP contribution in [0.2, 0.25) is 5.02 Å². The fourth-order valence-electron chi connectivity index (χ4n) is 5.73. The number of benzene rings is 2. The Kier molecular flexibility index (Phi) is 9.81. The summed E-state index contributed by atoms with van der Waals surface area (Å²) in [6.07, 6.45) is 5.25. The molecule has 13 nitrogen and oxygen atoms in total. The number of pyridine rings is 1. The van der Waals surface area contributed by atoms with Crippen LogP contribution in [0.1, 0.15) is 12.0 Å². The molecule has 6 rings (SSSR count). The van der Waals surface area contributed by atoms with Crippen LogP contribution >= 0.6 is 18.7 Å². The number of carbonyl (C=O) groups is 2. The zero-order valence-electron chi connectivity index (χ0n) is 26.9. The number of hydrogen-bond acceptors (Lipinski definition) is 11. The molecule has 4 heterocycles. The van der Waals surface area contributed by atoms with Gasteiger partial charge in [-0.1, -0.05) is 23.7 Å². The predicted octanol–water partition coefficient (Wildman–Crippen LogP) is 5.04. The SMILES string of the molecule is COc1cc(N2CCN(Cc3cncc(N4CCC(=O)NC4=O)c3)CC2)ccc1Nc1ncc(Cl)c(Nc2ccccc2P(C)(C)=O)n1. The van der Waals surface area contributed by atoms with Gasteiger partial charge in [0.25, 0.3) is 0 Å². The molecule has 2 aliphatic heterocycles. The van der Waals surface area contributed by atoms with Crippen LogP contribution in [0.5, 0.6) is 5.75 Å². The third-order valence-corrected chi connectivity index (χ3v) is 10.0. The van der Waals surface area contributed by atoms with Gasteiger partial charge in [-0.2, -0.15) is 4.98 Å². The first kappa shape index (κ1) is 33.2. The van der Waals surface area contributed by atoms with Crippen LogP contribution in [-0.2, 0) is 15.9 Å². The van der Waals surface area contributed by atoms with Crippen molar-refractivity contribution in [1.82, 2.24) is 25.2 Å². The van der Waals surface area contributed by atoms with E-state index in [-0.39, 0.29) is 12.3 Å². The molecule has 2 fully saturated rings. The number of imide groups is 1. The molecule has 15 heteroatoms. The minimum absolute atomic E-state index is 0.259. The summed E-state index contributed by atoms with van der Waals surface area (Å²) in [6, 6.07) is 14.9. The molecular formula is C33H37ClN9O4P. The summed E-state index contributed by atoms with van der Waals surface area (Å²) in [6.45, 7) is 7.81. The van der Waals surface area contributed by atoms with E-state index in [2.05, 4.69) is 40.7 Å². The smallest absolute Gasteiger partial charge is 0.328 e. The molecule has 48 heavy (non-hydrogen) atoms. The van der Waals surface area contributed by atoms with Crippen molar-refractivity contribution in [2.45, 2.75) is 13.0 Å². The molecule has 2 aromatic carbocycles. The molecule has 2 aromatic heterocycles. The average Bonchev–Trinajstić information content (AvgIpc) is 3.07. The Hall–Kier alpha value is -4.71. The first-order chi connectivity index (χ1) is 23.1. The van der Waals surface area contributed by atoms with Gasteiger partial charge in [0, 0.05) is 68.9 Å². The van der Waals surface area contributed by atoms with Gasteiger partial charge in [-0.15, -0.1) is 0 Å². The second kappa shape index (κ2) is 14.2. The number of rotatable bonds is 10. The molecule has 0 unspecified atom stereocenters. The predicted molar refractivity (Wildman–Crippen MR) is 189 cm³/mol. The second-order valence-electron chi connectivity index (χ2n) is 12.0. The highest BCUT2D eigenvalue weighted by Crippen LogP contribution is 2.39. The standard InChI is InChI=1S/C33H37ClN9O4P/c1-47-28-17-23(42-14-12-41(13-15-42)21-22-16-24(19-35-18-22)43-11-10-30(44)39-33(43)45)8-9-26(28)38-32-36-20-25(34)31(40-32)37-27-6-4-5-7-29(27)48(2,3)46/h4-9,16-20H,10-15,21H2,1-3H3,(H,39,44,45)(H2,36,37,38,40). The molecule has 3 N–H and O–H groups in total. The quantitative estimate of drug-likeness (QED) is 0.193. The highest BCUT2D eigenvalue weighted by molar-refractivity contribution is 7.70. The summed E-state index contributed by atoms with van der Waals surface area (Å²) in [5, 5.41) is 9.86. The number of carbonyl (C=O) groups excluding carboxylic acids is 2. The number of halogens is 1. The number of para-hydroxylation sites is 1. The van der Waals surface area contributed by atoms with Crippen LogP contribution in [-0.4, -0.2) is 85.0 Å². The van der Waals surface area contributed by atoms with E-state index in [0.29, 0.717) is 58.0 Å². The van der Waals surface area contributed by atoms with Gasteiger partial charge >= 0.3 is 6.03 Å². The summed E-state index contributed by atoms with van der Waals surface area (Å²) in [7, 11) is -0.923.